The van der Waals surface area contributed by atoms with E-state index in [1.807, 2.05) is 12.1 Å². The molecule has 0 fully saturated rings. The first-order valence-corrected chi connectivity index (χ1v) is 7.71. The smallest absolute Gasteiger partial charge is 0.101 e. The third-order valence-corrected chi connectivity index (χ3v) is 3.91. The molecule has 0 spiro atoms. The van der Waals surface area contributed by atoms with Crippen molar-refractivity contribution in [2.75, 3.05) is 0 Å². The topological polar surface area (TPSA) is 47.6 Å². The molecule has 0 aromatic heterocycles. The highest BCUT2D eigenvalue weighted by Crippen LogP contribution is 2.40. The number of nitrogens with zero attached hydrogens (tertiary/aromatic N) is 2. The lowest BCUT2D eigenvalue weighted by molar-refractivity contribution is 1.26. The van der Waals surface area contributed by atoms with Gasteiger partial charge in [-0.25, -0.2) is 0 Å². The average Bonchev–Trinajstić information content (AvgIpc) is 2.26. The minimum atomic E-state index is -0.0626. The molecule has 0 unspecified atom stereocenters. The average molecular weight is 472 g/mol. The van der Waals surface area contributed by atoms with Gasteiger partial charge in [-0.15, -0.1) is 0 Å². The molecule has 16 heavy (non-hydrogen) atoms. The summed E-state index contributed by atoms with van der Waals surface area (Å²) in [5, 5.41) is 17.9. The molecule has 0 atom stereocenters. The van der Waals surface area contributed by atoms with E-state index in [-0.39, 0.29) is 7.47 Å². The van der Waals surface area contributed by atoms with Gasteiger partial charge in [0.15, 0.2) is 0 Å². The third kappa shape index (κ3) is 3.07. The lowest BCUT2D eigenvalue weighted by Gasteiger charge is -2.13. The minimum Gasteiger partial charge on any atom is -0.192 e. The van der Waals surface area contributed by atoms with E-state index in [4.69, 9.17) is 10.5 Å². The Morgan fingerprint density at radius 3 is 1.31 bits per heavy atom. The molecule has 0 bridgehead atoms. The molecule has 1 aromatic rings. The minimum absolute atomic E-state index is 0.0626. The molecule has 0 aliphatic rings. The van der Waals surface area contributed by atoms with E-state index < -0.39 is 0 Å². The van der Waals surface area contributed by atoms with Crippen LogP contribution in [0.4, 0.5) is 0 Å². The Hall–Kier alpha value is 0.120. The Bertz CT molecular complexity index is 438. The lowest BCUT2D eigenvalue weighted by Crippen LogP contribution is -1.96. The molecule has 0 amide bonds. The van der Waals surface area contributed by atoms with Gasteiger partial charge in [0.1, 0.15) is 12.1 Å². The van der Waals surface area contributed by atoms with E-state index in [0.717, 1.165) is 11.1 Å². The molecular formula is C10H4Br4N2. The van der Waals surface area contributed by atoms with Crippen LogP contribution in [-0.4, -0.2) is 0 Å². The Labute approximate surface area is 127 Å². The van der Waals surface area contributed by atoms with Gasteiger partial charge in [0.2, 0.25) is 0 Å². The lowest BCUT2D eigenvalue weighted by atomic mass is 10.0. The van der Waals surface area contributed by atoms with Crippen molar-refractivity contribution in [1.29, 1.82) is 10.5 Å². The van der Waals surface area contributed by atoms with Crippen LogP contribution < -0.4 is 0 Å². The standard InChI is InChI=1S/C10H4Br4N2/c11-9(12)7-1-5(3-15)6(4-16)2-8(7)10(13)14/h1-2,9-10H. The predicted molar refractivity (Wildman–Crippen MR) is 77.1 cm³/mol. The number of halogens is 4. The van der Waals surface area contributed by atoms with Gasteiger partial charge in [0.05, 0.1) is 18.6 Å². The van der Waals surface area contributed by atoms with Crippen LogP contribution in [0.2, 0.25) is 0 Å². The fourth-order valence-electron chi connectivity index (χ4n) is 1.20. The molecule has 0 heterocycles. The third-order valence-electron chi connectivity index (χ3n) is 1.93. The SMILES string of the molecule is N#Cc1cc(C(Br)Br)c(C(Br)Br)cc1C#N. The van der Waals surface area contributed by atoms with E-state index in [9.17, 15) is 0 Å². The quantitative estimate of drug-likeness (QED) is 0.570. The van der Waals surface area contributed by atoms with E-state index >= 15 is 0 Å². The van der Waals surface area contributed by atoms with E-state index in [1.165, 1.54) is 0 Å². The normalized spacial score (nSPS) is 10.2. The summed E-state index contributed by atoms with van der Waals surface area (Å²) >= 11 is 13.6. The maximum atomic E-state index is 8.93. The summed E-state index contributed by atoms with van der Waals surface area (Å²) in [6.45, 7) is 0. The molecule has 1 aromatic carbocycles. The second-order valence-electron chi connectivity index (χ2n) is 2.85. The summed E-state index contributed by atoms with van der Waals surface area (Å²) < 4.78 is -0.125. The summed E-state index contributed by atoms with van der Waals surface area (Å²) in [6, 6.07) is 7.44. The highest BCUT2D eigenvalue weighted by atomic mass is 79.9. The predicted octanol–water partition coefficient (Wildman–Crippen LogP) is 5.01. The highest BCUT2D eigenvalue weighted by molar-refractivity contribution is 9.24. The van der Waals surface area contributed by atoms with Crippen molar-refractivity contribution in [2.45, 2.75) is 7.47 Å². The van der Waals surface area contributed by atoms with Crippen molar-refractivity contribution in [1.82, 2.24) is 0 Å². The number of nitriles is 2. The Balaban J connectivity index is 3.51. The van der Waals surface area contributed by atoms with Crippen LogP contribution in [0.1, 0.15) is 29.7 Å². The number of hydrogen-bond donors (Lipinski definition) is 0. The number of alkyl halides is 4. The van der Waals surface area contributed by atoms with Gasteiger partial charge >= 0.3 is 0 Å². The van der Waals surface area contributed by atoms with Gasteiger partial charge in [-0.05, 0) is 23.3 Å². The van der Waals surface area contributed by atoms with Gasteiger partial charge in [-0.1, -0.05) is 63.7 Å². The van der Waals surface area contributed by atoms with E-state index in [0.29, 0.717) is 11.1 Å². The molecule has 0 saturated carbocycles. The van der Waals surface area contributed by atoms with E-state index in [2.05, 4.69) is 63.7 Å². The van der Waals surface area contributed by atoms with Crippen LogP contribution in [-0.2, 0) is 0 Å². The van der Waals surface area contributed by atoms with Crippen LogP contribution >= 0.6 is 63.7 Å². The molecule has 0 N–H and O–H groups in total. The van der Waals surface area contributed by atoms with Crippen molar-refractivity contribution < 1.29 is 0 Å². The maximum absolute atomic E-state index is 8.93. The van der Waals surface area contributed by atoms with Crippen molar-refractivity contribution >= 4 is 63.7 Å². The molecule has 2 nitrogen and oxygen atoms in total. The fraction of sp³-hybridized carbons (Fsp3) is 0.200. The van der Waals surface area contributed by atoms with Crippen LogP contribution in [0.25, 0.3) is 0 Å². The molecule has 0 aliphatic carbocycles. The first kappa shape index (κ1) is 14.2. The zero-order valence-electron chi connectivity index (χ0n) is 7.72. The summed E-state index contributed by atoms with van der Waals surface area (Å²) in [7, 11) is 0. The Morgan fingerprint density at radius 2 is 1.12 bits per heavy atom. The van der Waals surface area contributed by atoms with Gasteiger partial charge < -0.3 is 0 Å². The highest BCUT2D eigenvalue weighted by Gasteiger charge is 2.17. The van der Waals surface area contributed by atoms with Crippen molar-refractivity contribution in [3.8, 4) is 12.1 Å². The van der Waals surface area contributed by atoms with Crippen LogP contribution in [0.3, 0.4) is 0 Å². The second kappa shape index (κ2) is 6.16. The molecule has 6 heteroatoms. The van der Waals surface area contributed by atoms with Crippen molar-refractivity contribution in [3.05, 3.63) is 34.4 Å². The number of hydrogen-bond acceptors (Lipinski definition) is 2. The van der Waals surface area contributed by atoms with Gasteiger partial charge in [0.25, 0.3) is 0 Å². The fourth-order valence-corrected chi connectivity index (χ4v) is 2.78. The molecule has 0 radical (unpaired) electrons. The second-order valence-corrected chi connectivity index (χ2v) is 8.97. The number of benzene rings is 1. The molecule has 0 saturated heterocycles. The largest absolute Gasteiger partial charge is 0.192 e. The summed E-state index contributed by atoms with van der Waals surface area (Å²) in [4.78, 5) is 0. The van der Waals surface area contributed by atoms with Crippen LogP contribution in [0.15, 0.2) is 12.1 Å². The van der Waals surface area contributed by atoms with Crippen molar-refractivity contribution in [3.63, 3.8) is 0 Å². The number of rotatable bonds is 2. The molecule has 0 aliphatic heterocycles. The summed E-state index contributed by atoms with van der Waals surface area (Å²) in [6.07, 6.45) is 0. The van der Waals surface area contributed by atoms with Crippen LogP contribution in [0, 0.1) is 22.7 Å². The first-order chi connectivity index (χ1) is 7.51. The zero-order valence-corrected chi connectivity index (χ0v) is 14.1. The van der Waals surface area contributed by atoms with Crippen LogP contribution in [0.5, 0.6) is 0 Å². The first-order valence-electron chi connectivity index (χ1n) is 4.05. The molecule has 1 rings (SSSR count). The van der Waals surface area contributed by atoms with Gasteiger partial charge in [0, 0.05) is 0 Å². The Kier molecular flexibility index (Phi) is 5.46. The zero-order chi connectivity index (χ0) is 12.3. The summed E-state index contributed by atoms with van der Waals surface area (Å²) in [5.74, 6) is 0. The molecule has 82 valence electrons. The van der Waals surface area contributed by atoms with Crippen molar-refractivity contribution in [2.24, 2.45) is 0 Å². The summed E-state index contributed by atoms with van der Waals surface area (Å²) in [5.41, 5.74) is 2.58. The van der Waals surface area contributed by atoms with Gasteiger partial charge in [-0.3, -0.25) is 0 Å². The maximum Gasteiger partial charge on any atom is 0.101 e. The molecular weight excluding hydrogens is 468 g/mol. The Morgan fingerprint density at radius 1 is 0.812 bits per heavy atom. The monoisotopic (exact) mass is 468 g/mol. The van der Waals surface area contributed by atoms with Gasteiger partial charge in [-0.2, -0.15) is 10.5 Å². The van der Waals surface area contributed by atoms with E-state index in [1.54, 1.807) is 12.1 Å².